The zero-order valence-corrected chi connectivity index (χ0v) is 16.8. The third kappa shape index (κ3) is 2.84. The van der Waals surface area contributed by atoms with Crippen LogP contribution in [0.4, 0.5) is 0 Å². The third-order valence-electron chi connectivity index (χ3n) is 5.51. The van der Waals surface area contributed by atoms with Crippen LogP contribution in [0.5, 0.6) is 0 Å². The van der Waals surface area contributed by atoms with Gasteiger partial charge in [0.25, 0.3) is 10.0 Å². The smallest absolute Gasteiger partial charge is 0.266 e. The molecule has 0 bridgehead atoms. The molecule has 1 aromatic carbocycles. The first-order chi connectivity index (χ1) is 11.1. The molecule has 24 heavy (non-hydrogen) atoms. The maximum absolute atomic E-state index is 13.2. The fourth-order valence-electron chi connectivity index (χ4n) is 4.44. The molecule has 6 heteroatoms. The molecule has 0 radical (unpaired) electrons. The normalized spacial score (nSPS) is 28.1. The molecule has 2 aliphatic rings. The Kier molecular flexibility index (Phi) is 4.41. The van der Waals surface area contributed by atoms with Crippen LogP contribution in [0.3, 0.4) is 0 Å². The van der Waals surface area contributed by atoms with Crippen LogP contribution in [0.25, 0.3) is 0 Å². The quantitative estimate of drug-likeness (QED) is 0.766. The van der Waals surface area contributed by atoms with E-state index < -0.39 is 18.1 Å². The van der Waals surface area contributed by atoms with Gasteiger partial charge in [-0.15, -0.1) is 0 Å². The lowest BCUT2D eigenvalue weighted by Crippen LogP contribution is -2.41. The van der Waals surface area contributed by atoms with E-state index in [1.807, 2.05) is 6.92 Å². The van der Waals surface area contributed by atoms with E-state index in [1.165, 1.54) is 4.31 Å². The van der Waals surface area contributed by atoms with Gasteiger partial charge in [0.05, 0.1) is 19.0 Å². The Hall–Kier alpha value is -1.14. The summed E-state index contributed by atoms with van der Waals surface area (Å²) in [6, 6.07) is 6.69. The summed E-state index contributed by atoms with van der Waals surface area (Å²) in [6.45, 7) is 8.48. The number of nitrogens with zero attached hydrogens (tertiary/aromatic N) is 1. The van der Waals surface area contributed by atoms with Crippen molar-refractivity contribution in [3.05, 3.63) is 29.8 Å². The molecule has 0 spiro atoms. The summed E-state index contributed by atoms with van der Waals surface area (Å²) in [6.07, 6.45) is 3.90. The molecule has 1 saturated carbocycles. The van der Waals surface area contributed by atoms with Crippen molar-refractivity contribution in [1.29, 1.82) is 0 Å². The highest BCUT2D eigenvalue weighted by atomic mass is 32.2. The number of fused-ring (bicyclic) bond motifs is 1. The molecular formula is C18H27NO3SSi. The first-order valence-electron chi connectivity index (χ1n) is 8.79. The highest BCUT2D eigenvalue weighted by molar-refractivity contribution is 7.89. The molecular weight excluding hydrogens is 338 g/mol. The number of aryl methyl sites for hydroxylation is 1. The van der Waals surface area contributed by atoms with Gasteiger partial charge >= 0.3 is 0 Å². The van der Waals surface area contributed by atoms with Gasteiger partial charge in [0.1, 0.15) is 0 Å². The highest BCUT2D eigenvalue weighted by Crippen LogP contribution is 2.50. The zero-order valence-electron chi connectivity index (χ0n) is 15.0. The maximum atomic E-state index is 13.2. The Morgan fingerprint density at radius 2 is 1.62 bits per heavy atom. The molecule has 0 aromatic heterocycles. The van der Waals surface area contributed by atoms with E-state index in [2.05, 4.69) is 19.6 Å². The Labute approximate surface area is 146 Å². The van der Waals surface area contributed by atoms with Crippen LogP contribution in [-0.4, -0.2) is 32.7 Å². The molecule has 1 aliphatic heterocycles. The van der Waals surface area contributed by atoms with Crippen LogP contribution >= 0.6 is 0 Å². The second-order valence-electron chi connectivity index (χ2n) is 8.31. The van der Waals surface area contributed by atoms with E-state index in [9.17, 15) is 13.2 Å². The molecule has 132 valence electrons. The van der Waals surface area contributed by atoms with Crippen LogP contribution in [0.2, 0.25) is 25.2 Å². The van der Waals surface area contributed by atoms with E-state index in [0.29, 0.717) is 0 Å². The Morgan fingerprint density at radius 1 is 1.04 bits per heavy atom. The van der Waals surface area contributed by atoms with Crippen molar-refractivity contribution in [2.24, 2.45) is 5.92 Å². The predicted octanol–water partition coefficient (Wildman–Crippen LogP) is 3.79. The van der Waals surface area contributed by atoms with E-state index in [4.69, 9.17) is 0 Å². The van der Waals surface area contributed by atoms with Crippen molar-refractivity contribution in [2.45, 2.75) is 68.7 Å². The van der Waals surface area contributed by atoms with Crippen LogP contribution in [0.15, 0.2) is 29.2 Å². The molecule has 0 unspecified atom stereocenters. The van der Waals surface area contributed by atoms with E-state index in [0.717, 1.165) is 31.2 Å². The predicted molar refractivity (Wildman–Crippen MR) is 98.1 cm³/mol. The van der Waals surface area contributed by atoms with Gasteiger partial charge in [-0.2, -0.15) is 0 Å². The summed E-state index contributed by atoms with van der Waals surface area (Å²) in [4.78, 5) is 13.4. The average Bonchev–Trinajstić information content (AvgIpc) is 2.79. The third-order valence-corrected chi connectivity index (χ3v) is 9.88. The SMILES string of the molecule is Cc1ccc(S(=O)(=O)N2C(=O)[C@H]([Si](C)(C)C)[C@@H]3CCCC[C@H]32)cc1. The molecule has 0 N–H and O–H groups in total. The molecule has 3 atom stereocenters. The van der Waals surface area contributed by atoms with Gasteiger partial charge in [-0.25, -0.2) is 12.7 Å². The van der Waals surface area contributed by atoms with Gasteiger partial charge in [-0.05, 0) is 37.8 Å². The number of carbonyl (C=O) groups is 1. The first kappa shape index (κ1) is 17.7. The van der Waals surface area contributed by atoms with Crippen LogP contribution in [0.1, 0.15) is 31.2 Å². The molecule has 1 aromatic rings. The molecule has 3 rings (SSSR count). The fourth-order valence-corrected chi connectivity index (χ4v) is 8.76. The molecule has 1 aliphatic carbocycles. The average molecular weight is 366 g/mol. The van der Waals surface area contributed by atoms with Crippen LogP contribution in [0, 0.1) is 12.8 Å². The highest BCUT2D eigenvalue weighted by Gasteiger charge is 2.56. The van der Waals surface area contributed by atoms with Gasteiger partial charge in [0.2, 0.25) is 5.91 Å². The van der Waals surface area contributed by atoms with Gasteiger partial charge in [-0.1, -0.05) is 50.2 Å². The molecule has 4 nitrogen and oxygen atoms in total. The lowest BCUT2D eigenvalue weighted by molar-refractivity contribution is -0.124. The number of hydrogen-bond donors (Lipinski definition) is 0. The van der Waals surface area contributed by atoms with Crippen molar-refractivity contribution < 1.29 is 13.2 Å². The number of sulfonamides is 1. The lowest BCUT2D eigenvalue weighted by Gasteiger charge is -2.33. The standard InChI is InChI=1S/C18H27NO3SSi/c1-13-9-11-14(12-10-13)23(21,22)19-16-8-6-5-7-15(16)17(18(19)20)24(2,3)4/h9-12,15-17H,5-8H2,1-4H3/t15-,16-,17-/m1/s1. The summed E-state index contributed by atoms with van der Waals surface area (Å²) in [5, 5.41) is 0. The largest absolute Gasteiger partial charge is 0.274 e. The minimum Gasteiger partial charge on any atom is -0.274 e. The summed E-state index contributed by atoms with van der Waals surface area (Å²) >= 11 is 0. The molecule has 1 heterocycles. The van der Waals surface area contributed by atoms with E-state index in [1.54, 1.807) is 24.3 Å². The van der Waals surface area contributed by atoms with E-state index >= 15 is 0 Å². The van der Waals surface area contributed by atoms with Crippen LogP contribution in [-0.2, 0) is 14.8 Å². The molecule has 1 saturated heterocycles. The van der Waals surface area contributed by atoms with Crippen molar-refractivity contribution in [1.82, 2.24) is 4.31 Å². The number of rotatable bonds is 3. The Morgan fingerprint density at radius 3 is 2.21 bits per heavy atom. The first-order valence-corrected chi connectivity index (χ1v) is 13.8. The van der Waals surface area contributed by atoms with Crippen molar-refractivity contribution in [3.63, 3.8) is 0 Å². The summed E-state index contributed by atoms with van der Waals surface area (Å²) in [7, 11) is -5.54. The lowest BCUT2D eigenvalue weighted by atomic mass is 9.85. The number of hydrogen-bond acceptors (Lipinski definition) is 3. The van der Waals surface area contributed by atoms with Crippen LogP contribution < -0.4 is 0 Å². The van der Waals surface area contributed by atoms with Gasteiger partial charge < -0.3 is 0 Å². The minimum atomic E-state index is -3.76. The minimum absolute atomic E-state index is 0.0805. The number of amides is 1. The fraction of sp³-hybridized carbons (Fsp3) is 0.611. The Bertz CT molecular complexity index is 737. The van der Waals surface area contributed by atoms with Crippen molar-refractivity contribution in [2.75, 3.05) is 0 Å². The van der Waals surface area contributed by atoms with Gasteiger partial charge in [-0.3, -0.25) is 4.79 Å². The van der Waals surface area contributed by atoms with Crippen molar-refractivity contribution in [3.8, 4) is 0 Å². The van der Waals surface area contributed by atoms with E-state index in [-0.39, 0.29) is 28.3 Å². The molecule has 2 fully saturated rings. The second-order valence-corrected chi connectivity index (χ2v) is 15.5. The van der Waals surface area contributed by atoms with Gasteiger partial charge in [0.15, 0.2) is 0 Å². The summed E-state index contributed by atoms with van der Waals surface area (Å²) in [5.41, 5.74) is 0.931. The maximum Gasteiger partial charge on any atom is 0.266 e. The molecule has 1 amide bonds. The zero-order chi connectivity index (χ0) is 17.7. The van der Waals surface area contributed by atoms with Gasteiger partial charge in [0, 0.05) is 5.54 Å². The second kappa shape index (κ2) is 5.99. The Balaban J connectivity index is 2.05. The monoisotopic (exact) mass is 365 g/mol. The number of carbonyl (C=O) groups excluding carboxylic acids is 1. The number of benzene rings is 1. The summed E-state index contributed by atoms with van der Waals surface area (Å²) in [5.74, 6) is 0.0600. The summed E-state index contributed by atoms with van der Waals surface area (Å²) < 4.78 is 27.7. The topological polar surface area (TPSA) is 54.5 Å². The van der Waals surface area contributed by atoms with Crippen molar-refractivity contribution >= 4 is 24.0 Å².